The zero-order valence-corrected chi connectivity index (χ0v) is 20.8. The number of aliphatic imine (C=N–C) groups is 1. The van der Waals surface area contributed by atoms with Gasteiger partial charge >= 0.3 is 0 Å². The average Bonchev–Trinajstić information content (AvgIpc) is 3.56. The Labute approximate surface area is 214 Å². The molecule has 1 aromatic carbocycles. The van der Waals surface area contributed by atoms with Crippen molar-refractivity contribution in [2.24, 2.45) is 4.99 Å². The van der Waals surface area contributed by atoms with Gasteiger partial charge in [0.25, 0.3) is 5.91 Å². The molecule has 0 unspecified atom stereocenters. The minimum absolute atomic E-state index is 0.109. The van der Waals surface area contributed by atoms with E-state index in [-0.39, 0.29) is 30.0 Å². The molecule has 4 rings (SSSR count). The van der Waals surface area contributed by atoms with Crippen LogP contribution in [0.15, 0.2) is 69.0 Å². The van der Waals surface area contributed by atoms with Crippen LogP contribution in [-0.4, -0.2) is 53.8 Å². The van der Waals surface area contributed by atoms with Gasteiger partial charge in [0.2, 0.25) is 5.82 Å². The van der Waals surface area contributed by atoms with Crippen LogP contribution < -0.4 is 16.1 Å². The maximum atomic E-state index is 12.1. The van der Waals surface area contributed by atoms with Crippen LogP contribution in [-0.2, 0) is 13.1 Å². The molecule has 0 aliphatic carbocycles. The highest BCUT2D eigenvalue weighted by Crippen LogP contribution is 2.22. The number of benzene rings is 1. The maximum absolute atomic E-state index is 12.1. The van der Waals surface area contributed by atoms with Crippen LogP contribution in [0.3, 0.4) is 0 Å². The number of aromatic nitrogens is 6. The lowest BCUT2D eigenvalue weighted by Crippen LogP contribution is -2.24. The van der Waals surface area contributed by atoms with E-state index in [1.165, 1.54) is 0 Å². The van der Waals surface area contributed by atoms with Crippen LogP contribution in [0.1, 0.15) is 40.4 Å². The summed E-state index contributed by atoms with van der Waals surface area (Å²) in [5.74, 6) is 0.125. The third-order valence-electron chi connectivity index (χ3n) is 5.02. The first-order valence-corrected chi connectivity index (χ1v) is 11.7. The van der Waals surface area contributed by atoms with E-state index < -0.39 is 0 Å². The number of anilines is 1. The van der Waals surface area contributed by atoms with E-state index in [1.807, 2.05) is 31.2 Å². The zero-order chi connectivity index (χ0) is 25.3. The number of nitrogens with zero attached hydrogens (tertiary/aromatic N) is 7. The van der Waals surface area contributed by atoms with Crippen molar-refractivity contribution in [3.63, 3.8) is 0 Å². The molecule has 0 spiro atoms. The predicted molar refractivity (Wildman–Crippen MR) is 132 cm³/mol. The number of nitrogens with one attached hydrogen (secondary N) is 3. The summed E-state index contributed by atoms with van der Waals surface area (Å²) in [6.07, 6.45) is 3.28. The fourth-order valence-electron chi connectivity index (χ4n) is 3.21. The van der Waals surface area contributed by atoms with Crippen molar-refractivity contribution >= 4 is 33.5 Å². The molecule has 0 saturated carbocycles. The normalized spacial score (nSPS) is 12.2. The first kappa shape index (κ1) is 24.9. The second kappa shape index (κ2) is 12.0. The molecule has 4 N–H and O–H groups in total. The van der Waals surface area contributed by atoms with E-state index >= 15 is 0 Å². The third kappa shape index (κ3) is 6.49. The molecule has 1 amide bonds. The van der Waals surface area contributed by atoms with E-state index in [0.29, 0.717) is 30.3 Å². The van der Waals surface area contributed by atoms with Crippen LogP contribution in [0, 0.1) is 0 Å². The Morgan fingerprint density at radius 2 is 2.14 bits per heavy atom. The summed E-state index contributed by atoms with van der Waals surface area (Å²) in [7, 11) is 0. The van der Waals surface area contributed by atoms with Crippen LogP contribution in [0.25, 0.3) is 0 Å². The number of rotatable bonds is 10. The molecule has 3 aromatic heterocycles. The van der Waals surface area contributed by atoms with E-state index in [9.17, 15) is 10.0 Å². The van der Waals surface area contributed by atoms with Gasteiger partial charge in [-0.05, 0) is 47.1 Å². The van der Waals surface area contributed by atoms with Gasteiger partial charge < -0.3 is 10.6 Å². The van der Waals surface area contributed by atoms with Crippen molar-refractivity contribution in [1.29, 1.82) is 0 Å². The summed E-state index contributed by atoms with van der Waals surface area (Å²) >= 11 is 3.44. The van der Waals surface area contributed by atoms with Gasteiger partial charge in [0, 0.05) is 17.2 Å². The molecule has 14 heteroatoms. The second-order valence-corrected chi connectivity index (χ2v) is 8.49. The minimum Gasteiger partial charge on any atom is -0.363 e. The summed E-state index contributed by atoms with van der Waals surface area (Å²) in [5.41, 5.74) is 4.19. The number of amidine groups is 1. The first-order valence-electron chi connectivity index (χ1n) is 10.9. The van der Waals surface area contributed by atoms with Crippen molar-refractivity contribution < 1.29 is 14.6 Å². The Morgan fingerprint density at radius 1 is 1.25 bits per heavy atom. The summed E-state index contributed by atoms with van der Waals surface area (Å²) in [6, 6.07) is 12.6. The molecule has 0 radical (unpaired) electrons. The van der Waals surface area contributed by atoms with E-state index in [4.69, 9.17) is 4.63 Å². The van der Waals surface area contributed by atoms with Gasteiger partial charge in [-0.15, -0.1) is 5.10 Å². The van der Waals surface area contributed by atoms with Gasteiger partial charge in [0.05, 0.1) is 25.3 Å². The number of hydrogen-bond donors (Lipinski definition) is 4. The van der Waals surface area contributed by atoms with Gasteiger partial charge in [-0.3, -0.25) is 30.1 Å². The third-order valence-corrected chi connectivity index (χ3v) is 5.51. The molecule has 36 heavy (non-hydrogen) atoms. The molecule has 4 aromatic rings. The van der Waals surface area contributed by atoms with Crippen molar-refractivity contribution in [2.75, 3.05) is 11.9 Å². The van der Waals surface area contributed by atoms with Crippen LogP contribution in [0.4, 0.5) is 5.82 Å². The summed E-state index contributed by atoms with van der Waals surface area (Å²) in [6.45, 7) is 2.96. The number of carbonyl (C=O) groups is 1. The van der Waals surface area contributed by atoms with Crippen LogP contribution in [0.2, 0.25) is 0 Å². The first-order chi connectivity index (χ1) is 17.5. The highest BCUT2D eigenvalue weighted by atomic mass is 79.9. The quantitative estimate of drug-likeness (QED) is 0.130. The summed E-state index contributed by atoms with van der Waals surface area (Å²) in [4.78, 5) is 20.6. The maximum Gasteiger partial charge on any atom is 0.270 e. The predicted octanol–water partition coefficient (Wildman–Crippen LogP) is 2.35. The topological polar surface area (TPSA) is 168 Å². The Hall–Kier alpha value is -4.17. The molecule has 0 aliphatic rings. The molecule has 3 heterocycles. The lowest BCUT2D eigenvalue weighted by atomic mass is 10.1. The number of carbonyl (C=O) groups excluding carboxylic acids is 1. The molecule has 0 saturated heterocycles. The molecular formula is C22H23BrN10O3. The lowest BCUT2D eigenvalue weighted by molar-refractivity contribution is 0.0945. The van der Waals surface area contributed by atoms with Crippen molar-refractivity contribution in [3.8, 4) is 0 Å². The minimum atomic E-state index is -0.290. The number of halogens is 1. The Bertz CT molecular complexity index is 1320. The summed E-state index contributed by atoms with van der Waals surface area (Å²) in [5, 5.41) is 31.3. The molecular weight excluding hydrogens is 532 g/mol. The van der Waals surface area contributed by atoms with Crippen LogP contribution >= 0.6 is 15.9 Å². The largest absolute Gasteiger partial charge is 0.363 e. The van der Waals surface area contributed by atoms with Gasteiger partial charge in [-0.2, -0.15) is 0 Å². The van der Waals surface area contributed by atoms with Gasteiger partial charge in [-0.1, -0.05) is 39.3 Å². The SMILES string of the molecule is C[C@H](N=C(NO)c1nonc1NCCn1cc(CNC(=O)c2ccccn2)nn1)c1cccc(Br)c1. The molecule has 0 fully saturated rings. The average molecular weight is 555 g/mol. The van der Waals surface area contributed by atoms with E-state index in [2.05, 4.69) is 62.6 Å². The monoisotopic (exact) mass is 554 g/mol. The fourth-order valence-corrected chi connectivity index (χ4v) is 3.63. The molecule has 13 nitrogen and oxygen atoms in total. The Morgan fingerprint density at radius 3 is 2.92 bits per heavy atom. The molecule has 1 atom stereocenters. The highest BCUT2D eigenvalue weighted by molar-refractivity contribution is 9.10. The molecule has 0 bridgehead atoms. The van der Waals surface area contributed by atoms with Gasteiger partial charge in [0.1, 0.15) is 11.4 Å². The number of hydrogen-bond acceptors (Lipinski definition) is 10. The summed E-state index contributed by atoms with van der Waals surface area (Å²) < 4.78 is 7.40. The van der Waals surface area contributed by atoms with E-state index in [0.717, 1.165) is 10.0 Å². The van der Waals surface area contributed by atoms with Gasteiger partial charge in [0.15, 0.2) is 11.5 Å². The van der Waals surface area contributed by atoms with Crippen molar-refractivity contribution in [1.82, 2.24) is 41.1 Å². The Kier molecular flexibility index (Phi) is 8.31. The number of hydroxylamine groups is 1. The molecule has 186 valence electrons. The number of pyridine rings is 1. The van der Waals surface area contributed by atoms with Crippen molar-refractivity contribution in [2.45, 2.75) is 26.1 Å². The van der Waals surface area contributed by atoms with Crippen molar-refractivity contribution in [3.05, 3.63) is 82.0 Å². The van der Waals surface area contributed by atoms with E-state index in [1.54, 1.807) is 35.3 Å². The standard InChI is InChI=1S/C22H23BrN10O3/c1-14(15-5-4-6-16(23)11-15)27-21(29-35)19-20(31-36-30-19)25-9-10-33-13-17(28-32-33)12-26-22(34)18-7-2-3-8-24-18/h2-8,11,13-14,35H,9-10,12H2,1H3,(H,25,31)(H,26,34)(H,27,29)/t14-/m0/s1. The highest BCUT2D eigenvalue weighted by Gasteiger charge is 2.18. The smallest absolute Gasteiger partial charge is 0.270 e. The fraction of sp³-hybridized carbons (Fsp3) is 0.227. The Balaban J connectivity index is 1.31. The molecule has 0 aliphatic heterocycles. The second-order valence-electron chi connectivity index (χ2n) is 7.58. The number of amides is 1. The lowest BCUT2D eigenvalue weighted by Gasteiger charge is -2.10. The van der Waals surface area contributed by atoms with Gasteiger partial charge in [-0.25, -0.2) is 4.63 Å². The van der Waals surface area contributed by atoms with Crippen LogP contribution in [0.5, 0.6) is 0 Å². The zero-order valence-electron chi connectivity index (χ0n) is 19.2.